The molecule has 1 heterocycles. The lowest BCUT2D eigenvalue weighted by atomic mass is 10.2. The molecule has 3 rings (SSSR count). The Labute approximate surface area is 169 Å². The Bertz CT molecular complexity index is 872. The molecule has 8 heteroatoms. The van der Waals surface area contributed by atoms with E-state index in [1.54, 1.807) is 6.07 Å². The zero-order chi connectivity index (χ0) is 19.4. The third-order valence-electron chi connectivity index (χ3n) is 4.19. The van der Waals surface area contributed by atoms with Crippen molar-refractivity contribution in [2.45, 2.75) is 26.2 Å². The fraction of sp³-hybridized carbons (Fsp3) is 0.316. The molecular weight excluding hydrogens is 432 g/mol. The average molecular weight is 451 g/mol. The Morgan fingerprint density at radius 2 is 2.00 bits per heavy atom. The van der Waals surface area contributed by atoms with Crippen molar-refractivity contribution < 1.29 is 19.1 Å². The lowest BCUT2D eigenvalue weighted by Crippen LogP contribution is -2.35. The van der Waals surface area contributed by atoms with E-state index in [9.17, 15) is 14.4 Å². The van der Waals surface area contributed by atoms with Crippen molar-refractivity contribution in [2.24, 2.45) is 0 Å². The summed E-state index contributed by atoms with van der Waals surface area (Å²) < 4.78 is 5.95. The number of hydrogen-bond donors (Lipinski definition) is 2. The van der Waals surface area contributed by atoms with Crippen molar-refractivity contribution in [2.75, 3.05) is 18.5 Å². The molecule has 0 saturated carbocycles. The van der Waals surface area contributed by atoms with Crippen molar-refractivity contribution in [1.29, 1.82) is 0 Å². The normalized spacial score (nSPS) is 12.4. The molecule has 1 aromatic heterocycles. The number of carbonyl (C=O) groups excluding carboxylic acids is 3. The topological polar surface area (TPSA) is 84.5 Å². The number of benzene rings is 1. The van der Waals surface area contributed by atoms with Gasteiger partial charge in [0.2, 0.25) is 5.91 Å². The predicted octanol–water partition coefficient (Wildman–Crippen LogP) is 3.22. The number of rotatable bonds is 6. The number of nitrogens with one attached hydrogen (secondary N) is 2. The minimum absolute atomic E-state index is 0.195. The van der Waals surface area contributed by atoms with Crippen molar-refractivity contribution in [1.82, 2.24) is 5.32 Å². The molecule has 0 bridgehead atoms. The molecule has 0 aliphatic heterocycles. The van der Waals surface area contributed by atoms with E-state index in [0.29, 0.717) is 10.6 Å². The summed E-state index contributed by atoms with van der Waals surface area (Å²) in [6.07, 6.45) is 3.12. The standard InChI is InChI=1S/C19H19BrN2O4S/c1-11-7-13(20)5-6-14(11)22-17(23)9-21-18(24)10-26-19(25)16-8-12-3-2-4-15(12)27-16/h5-8H,2-4,9-10H2,1H3,(H,21,24)(H,22,23). The quantitative estimate of drug-likeness (QED) is 0.661. The molecular formula is C19H19BrN2O4S. The molecule has 0 spiro atoms. The molecule has 1 aliphatic rings. The molecule has 0 unspecified atom stereocenters. The van der Waals surface area contributed by atoms with Crippen LogP contribution in [-0.4, -0.2) is 30.9 Å². The van der Waals surface area contributed by atoms with Crippen LogP contribution in [0.1, 0.15) is 32.1 Å². The molecule has 0 atom stereocenters. The zero-order valence-electron chi connectivity index (χ0n) is 14.8. The number of ether oxygens (including phenoxy) is 1. The number of fused-ring (bicyclic) bond motifs is 1. The highest BCUT2D eigenvalue weighted by atomic mass is 79.9. The first-order valence-electron chi connectivity index (χ1n) is 8.54. The fourth-order valence-electron chi connectivity index (χ4n) is 2.82. The number of thiophene rings is 1. The van der Waals surface area contributed by atoms with Gasteiger partial charge < -0.3 is 15.4 Å². The monoisotopic (exact) mass is 450 g/mol. The van der Waals surface area contributed by atoms with Gasteiger partial charge in [-0.2, -0.15) is 0 Å². The Kier molecular flexibility index (Phi) is 6.28. The summed E-state index contributed by atoms with van der Waals surface area (Å²) in [4.78, 5) is 37.5. The van der Waals surface area contributed by atoms with E-state index in [0.717, 1.165) is 29.3 Å². The number of carbonyl (C=O) groups is 3. The molecule has 2 N–H and O–H groups in total. The molecule has 1 aromatic carbocycles. The van der Waals surface area contributed by atoms with Gasteiger partial charge in [-0.1, -0.05) is 15.9 Å². The SMILES string of the molecule is Cc1cc(Br)ccc1NC(=O)CNC(=O)COC(=O)c1cc2c(s1)CCC2. The average Bonchev–Trinajstić information content (AvgIpc) is 3.22. The molecule has 27 heavy (non-hydrogen) atoms. The van der Waals surface area contributed by atoms with Crippen LogP contribution >= 0.6 is 27.3 Å². The maximum atomic E-state index is 12.0. The zero-order valence-corrected chi connectivity index (χ0v) is 17.2. The van der Waals surface area contributed by atoms with Crippen LogP contribution in [0, 0.1) is 6.92 Å². The van der Waals surface area contributed by atoms with Gasteiger partial charge in [0.25, 0.3) is 5.91 Å². The second-order valence-electron chi connectivity index (χ2n) is 6.27. The molecule has 142 valence electrons. The summed E-state index contributed by atoms with van der Waals surface area (Å²) in [5.41, 5.74) is 2.78. The van der Waals surface area contributed by atoms with E-state index in [4.69, 9.17) is 4.74 Å². The van der Waals surface area contributed by atoms with Gasteiger partial charge in [0.15, 0.2) is 6.61 Å². The van der Waals surface area contributed by atoms with Gasteiger partial charge in [-0.05, 0) is 61.6 Å². The molecule has 2 amide bonds. The van der Waals surface area contributed by atoms with Crippen LogP contribution < -0.4 is 10.6 Å². The second kappa shape index (κ2) is 8.67. The molecule has 6 nitrogen and oxygen atoms in total. The second-order valence-corrected chi connectivity index (χ2v) is 8.33. The Morgan fingerprint density at radius 1 is 1.19 bits per heavy atom. The summed E-state index contributed by atoms with van der Waals surface area (Å²) in [6, 6.07) is 7.33. The van der Waals surface area contributed by atoms with Gasteiger partial charge in [0.1, 0.15) is 4.88 Å². The minimum atomic E-state index is -0.518. The Balaban J connectivity index is 1.41. The first-order valence-corrected chi connectivity index (χ1v) is 10.1. The third-order valence-corrected chi connectivity index (χ3v) is 5.90. The number of halogens is 1. The lowest BCUT2D eigenvalue weighted by molar-refractivity contribution is -0.126. The Morgan fingerprint density at radius 3 is 2.74 bits per heavy atom. The highest BCUT2D eigenvalue weighted by molar-refractivity contribution is 9.10. The Hall–Kier alpha value is -2.19. The van der Waals surface area contributed by atoms with Crippen molar-refractivity contribution >= 4 is 50.7 Å². The van der Waals surface area contributed by atoms with E-state index < -0.39 is 18.5 Å². The van der Waals surface area contributed by atoms with Crippen LogP contribution in [0.25, 0.3) is 0 Å². The highest BCUT2D eigenvalue weighted by Crippen LogP contribution is 2.30. The largest absolute Gasteiger partial charge is 0.451 e. The molecule has 0 saturated heterocycles. The van der Waals surface area contributed by atoms with Gasteiger partial charge in [-0.25, -0.2) is 4.79 Å². The summed E-state index contributed by atoms with van der Waals surface area (Å²) in [6.45, 7) is 1.27. The molecule has 1 aliphatic carbocycles. The van der Waals surface area contributed by atoms with E-state index in [1.807, 2.05) is 25.1 Å². The maximum absolute atomic E-state index is 12.0. The van der Waals surface area contributed by atoms with Gasteiger partial charge in [0.05, 0.1) is 6.54 Å². The minimum Gasteiger partial charge on any atom is -0.451 e. The van der Waals surface area contributed by atoms with Gasteiger partial charge in [-0.3, -0.25) is 9.59 Å². The summed E-state index contributed by atoms with van der Waals surface area (Å²) >= 11 is 4.79. The van der Waals surface area contributed by atoms with Crippen molar-refractivity contribution in [3.8, 4) is 0 Å². The number of anilines is 1. The van der Waals surface area contributed by atoms with Crippen molar-refractivity contribution in [3.63, 3.8) is 0 Å². The first kappa shape index (κ1) is 19.6. The van der Waals surface area contributed by atoms with Crippen LogP contribution in [-0.2, 0) is 27.2 Å². The highest BCUT2D eigenvalue weighted by Gasteiger charge is 2.20. The number of aryl methyl sites for hydroxylation is 3. The van der Waals surface area contributed by atoms with E-state index in [-0.39, 0.29) is 12.5 Å². The van der Waals surface area contributed by atoms with Gasteiger partial charge in [0, 0.05) is 15.0 Å². The van der Waals surface area contributed by atoms with E-state index in [1.165, 1.54) is 21.8 Å². The smallest absolute Gasteiger partial charge is 0.348 e. The fourth-order valence-corrected chi connectivity index (χ4v) is 4.45. The van der Waals surface area contributed by atoms with Gasteiger partial charge >= 0.3 is 5.97 Å². The van der Waals surface area contributed by atoms with E-state index in [2.05, 4.69) is 26.6 Å². The summed E-state index contributed by atoms with van der Waals surface area (Å²) in [5, 5.41) is 5.17. The van der Waals surface area contributed by atoms with Crippen LogP contribution in [0.5, 0.6) is 0 Å². The molecule has 2 aromatic rings. The third kappa shape index (κ3) is 5.17. The predicted molar refractivity (Wildman–Crippen MR) is 107 cm³/mol. The first-order chi connectivity index (χ1) is 12.9. The van der Waals surface area contributed by atoms with Crippen LogP contribution in [0.15, 0.2) is 28.7 Å². The summed E-state index contributed by atoms with van der Waals surface area (Å²) in [5.74, 6) is -1.37. The van der Waals surface area contributed by atoms with Crippen LogP contribution in [0.3, 0.4) is 0 Å². The van der Waals surface area contributed by atoms with Crippen LogP contribution in [0.4, 0.5) is 5.69 Å². The lowest BCUT2D eigenvalue weighted by Gasteiger charge is -2.09. The molecule has 0 radical (unpaired) electrons. The number of hydrogen-bond acceptors (Lipinski definition) is 5. The molecule has 0 fully saturated rings. The number of esters is 1. The maximum Gasteiger partial charge on any atom is 0.348 e. The van der Waals surface area contributed by atoms with Gasteiger partial charge in [-0.15, -0.1) is 11.3 Å². The van der Waals surface area contributed by atoms with Crippen LogP contribution in [0.2, 0.25) is 0 Å². The number of amides is 2. The summed E-state index contributed by atoms with van der Waals surface area (Å²) in [7, 11) is 0. The van der Waals surface area contributed by atoms with E-state index >= 15 is 0 Å². The van der Waals surface area contributed by atoms with Crippen molar-refractivity contribution in [3.05, 3.63) is 49.6 Å².